The summed E-state index contributed by atoms with van der Waals surface area (Å²) in [6.07, 6.45) is -0.173. The number of hydrogen-bond donors (Lipinski definition) is 1. The van der Waals surface area contributed by atoms with E-state index in [0.717, 1.165) is 7.11 Å². The zero-order chi connectivity index (χ0) is 14.2. The molecule has 0 aliphatic heterocycles. The predicted molar refractivity (Wildman–Crippen MR) is 63.1 cm³/mol. The van der Waals surface area contributed by atoms with Crippen molar-refractivity contribution >= 4 is 21.7 Å². The van der Waals surface area contributed by atoms with Crippen LogP contribution in [0.5, 0.6) is 0 Å². The summed E-state index contributed by atoms with van der Waals surface area (Å²) in [6, 6.07) is 1.82. The molecule has 102 valence electrons. The lowest BCUT2D eigenvalue weighted by Crippen LogP contribution is -2.35. The van der Waals surface area contributed by atoms with Gasteiger partial charge in [-0.2, -0.15) is 5.26 Å². The molecule has 0 aromatic carbocycles. The van der Waals surface area contributed by atoms with E-state index in [-0.39, 0.29) is 19.4 Å². The summed E-state index contributed by atoms with van der Waals surface area (Å²) in [5.74, 6) is -2.02. The summed E-state index contributed by atoms with van der Waals surface area (Å²) >= 11 is 0. The molecule has 0 aliphatic rings. The first-order chi connectivity index (χ1) is 8.33. The SMILES string of the molecule is COC(=O)CC(C)S(=O)(=O)CC(=O)NCCC#N. The molecule has 1 unspecified atom stereocenters. The normalized spacial score (nSPS) is 12.3. The standard InChI is InChI=1S/C10H16N2O5S/c1-8(6-10(14)17-2)18(15,16)7-9(13)12-5-3-4-11/h8H,3,5-7H2,1-2H3,(H,12,13). The monoisotopic (exact) mass is 276 g/mol. The highest BCUT2D eigenvalue weighted by Crippen LogP contribution is 2.07. The van der Waals surface area contributed by atoms with Gasteiger partial charge in [0, 0.05) is 6.54 Å². The van der Waals surface area contributed by atoms with Crippen molar-refractivity contribution in [2.24, 2.45) is 0 Å². The predicted octanol–water partition coefficient (Wildman–Crippen LogP) is -0.617. The minimum absolute atomic E-state index is 0.107. The van der Waals surface area contributed by atoms with Gasteiger partial charge in [-0.15, -0.1) is 0 Å². The second-order valence-electron chi connectivity index (χ2n) is 3.66. The molecular formula is C10H16N2O5S. The van der Waals surface area contributed by atoms with E-state index >= 15 is 0 Å². The summed E-state index contributed by atoms with van der Waals surface area (Å²) < 4.78 is 27.7. The fraction of sp³-hybridized carbons (Fsp3) is 0.700. The van der Waals surface area contributed by atoms with Crippen LogP contribution in [0, 0.1) is 11.3 Å². The molecule has 0 radical (unpaired) electrons. The minimum atomic E-state index is -3.70. The van der Waals surface area contributed by atoms with Crippen molar-refractivity contribution in [2.45, 2.75) is 25.0 Å². The Balaban J connectivity index is 4.34. The third-order valence-corrected chi connectivity index (χ3v) is 4.24. The zero-order valence-corrected chi connectivity index (χ0v) is 11.1. The van der Waals surface area contributed by atoms with Gasteiger partial charge in [-0.25, -0.2) is 8.42 Å². The van der Waals surface area contributed by atoms with E-state index in [1.54, 1.807) is 0 Å². The Kier molecular flexibility index (Phi) is 6.97. The Morgan fingerprint density at radius 1 is 1.44 bits per heavy atom. The molecule has 0 aliphatic carbocycles. The van der Waals surface area contributed by atoms with E-state index in [9.17, 15) is 18.0 Å². The van der Waals surface area contributed by atoms with Crippen LogP contribution in [0.3, 0.4) is 0 Å². The van der Waals surface area contributed by atoms with Gasteiger partial charge in [-0.1, -0.05) is 0 Å². The molecule has 0 bridgehead atoms. The number of carbonyl (C=O) groups is 2. The smallest absolute Gasteiger partial charge is 0.306 e. The average Bonchev–Trinajstić information content (AvgIpc) is 2.28. The van der Waals surface area contributed by atoms with Gasteiger partial charge in [0.25, 0.3) is 0 Å². The molecule has 18 heavy (non-hydrogen) atoms. The van der Waals surface area contributed by atoms with Gasteiger partial charge in [-0.05, 0) is 6.92 Å². The molecule has 0 saturated heterocycles. The third-order valence-electron chi connectivity index (χ3n) is 2.19. The first kappa shape index (κ1) is 16.4. The van der Waals surface area contributed by atoms with Gasteiger partial charge < -0.3 is 10.1 Å². The number of hydrogen-bond acceptors (Lipinski definition) is 6. The Hall–Kier alpha value is -1.62. The van der Waals surface area contributed by atoms with Crippen molar-refractivity contribution in [1.82, 2.24) is 5.32 Å². The van der Waals surface area contributed by atoms with Gasteiger partial charge >= 0.3 is 5.97 Å². The quantitative estimate of drug-likeness (QED) is 0.490. The molecule has 0 rings (SSSR count). The topological polar surface area (TPSA) is 113 Å². The van der Waals surface area contributed by atoms with E-state index in [4.69, 9.17) is 5.26 Å². The molecule has 1 atom stereocenters. The van der Waals surface area contributed by atoms with Crippen molar-refractivity contribution < 1.29 is 22.7 Å². The van der Waals surface area contributed by atoms with E-state index in [1.165, 1.54) is 6.92 Å². The van der Waals surface area contributed by atoms with Crippen LogP contribution in [-0.4, -0.2) is 45.0 Å². The molecule has 0 aromatic rings. The molecule has 0 aromatic heterocycles. The molecule has 0 spiro atoms. The van der Waals surface area contributed by atoms with Crippen LogP contribution in [0.15, 0.2) is 0 Å². The lowest BCUT2D eigenvalue weighted by atomic mass is 10.3. The van der Waals surface area contributed by atoms with Crippen LogP contribution in [0.25, 0.3) is 0 Å². The number of methoxy groups -OCH3 is 1. The van der Waals surface area contributed by atoms with Gasteiger partial charge in [0.1, 0.15) is 5.75 Å². The van der Waals surface area contributed by atoms with Gasteiger partial charge in [0.2, 0.25) is 5.91 Å². The van der Waals surface area contributed by atoms with Crippen LogP contribution >= 0.6 is 0 Å². The molecule has 0 heterocycles. The Labute approximate surface area is 106 Å². The van der Waals surface area contributed by atoms with Gasteiger partial charge in [0.05, 0.1) is 31.3 Å². The number of esters is 1. The maximum absolute atomic E-state index is 11.7. The highest BCUT2D eigenvalue weighted by Gasteiger charge is 2.26. The first-order valence-electron chi connectivity index (χ1n) is 5.25. The maximum atomic E-state index is 11.7. The third kappa shape index (κ3) is 6.20. The molecule has 1 amide bonds. The minimum Gasteiger partial charge on any atom is -0.469 e. The second-order valence-corrected chi connectivity index (χ2v) is 6.08. The maximum Gasteiger partial charge on any atom is 0.306 e. The van der Waals surface area contributed by atoms with E-state index in [1.807, 2.05) is 6.07 Å². The fourth-order valence-corrected chi connectivity index (χ4v) is 2.22. The number of rotatable bonds is 7. The number of ether oxygens (including phenoxy) is 1. The molecule has 1 N–H and O–H groups in total. The van der Waals surface area contributed by atoms with Crippen LogP contribution in [0.2, 0.25) is 0 Å². The number of carbonyl (C=O) groups excluding carboxylic acids is 2. The van der Waals surface area contributed by atoms with Crippen molar-refractivity contribution in [3.63, 3.8) is 0 Å². The van der Waals surface area contributed by atoms with Crippen molar-refractivity contribution in [3.8, 4) is 6.07 Å². The van der Waals surface area contributed by atoms with E-state index < -0.39 is 32.7 Å². The van der Waals surface area contributed by atoms with Crippen LogP contribution in [0.4, 0.5) is 0 Å². The van der Waals surface area contributed by atoms with Gasteiger partial charge in [0.15, 0.2) is 9.84 Å². The van der Waals surface area contributed by atoms with Crippen LogP contribution in [-0.2, 0) is 24.2 Å². The highest BCUT2D eigenvalue weighted by molar-refractivity contribution is 7.92. The molecule has 0 saturated carbocycles. The van der Waals surface area contributed by atoms with Crippen LogP contribution < -0.4 is 5.32 Å². The fourth-order valence-electron chi connectivity index (χ4n) is 1.08. The van der Waals surface area contributed by atoms with Crippen molar-refractivity contribution in [1.29, 1.82) is 5.26 Å². The Morgan fingerprint density at radius 3 is 2.56 bits per heavy atom. The summed E-state index contributed by atoms with van der Waals surface area (Å²) in [4.78, 5) is 22.2. The lowest BCUT2D eigenvalue weighted by Gasteiger charge is -2.11. The molecule has 8 heteroatoms. The summed E-state index contributed by atoms with van der Waals surface area (Å²) in [5.41, 5.74) is 0. The molecule has 0 fully saturated rings. The largest absolute Gasteiger partial charge is 0.469 e. The lowest BCUT2D eigenvalue weighted by molar-refractivity contribution is -0.140. The molecular weight excluding hydrogens is 260 g/mol. The van der Waals surface area contributed by atoms with Crippen LogP contribution in [0.1, 0.15) is 19.8 Å². The zero-order valence-electron chi connectivity index (χ0n) is 10.3. The summed E-state index contributed by atoms with van der Waals surface area (Å²) in [6.45, 7) is 1.45. The number of nitrogens with one attached hydrogen (secondary N) is 1. The average molecular weight is 276 g/mol. The Bertz CT molecular complexity index is 438. The summed E-state index contributed by atoms with van der Waals surface area (Å²) in [7, 11) is -2.53. The number of sulfone groups is 1. The molecule has 7 nitrogen and oxygen atoms in total. The number of amides is 1. The second kappa shape index (κ2) is 7.66. The number of nitriles is 1. The van der Waals surface area contributed by atoms with E-state index in [0.29, 0.717) is 0 Å². The van der Waals surface area contributed by atoms with Crippen molar-refractivity contribution in [2.75, 3.05) is 19.4 Å². The first-order valence-corrected chi connectivity index (χ1v) is 6.97. The Morgan fingerprint density at radius 2 is 2.06 bits per heavy atom. The highest BCUT2D eigenvalue weighted by atomic mass is 32.2. The van der Waals surface area contributed by atoms with Gasteiger partial charge in [-0.3, -0.25) is 9.59 Å². The summed E-state index contributed by atoms with van der Waals surface area (Å²) in [5, 5.41) is 9.58. The van der Waals surface area contributed by atoms with Crippen molar-refractivity contribution in [3.05, 3.63) is 0 Å². The number of nitrogens with zero attached hydrogens (tertiary/aromatic N) is 1. The van der Waals surface area contributed by atoms with E-state index in [2.05, 4.69) is 10.1 Å².